The first-order valence-electron chi connectivity index (χ1n) is 10.8. The molecule has 6 rings (SSSR count). The average Bonchev–Trinajstić information content (AvgIpc) is 2.81. The minimum Gasteiger partial charge on any atom is -0.759 e. The van der Waals surface area contributed by atoms with Crippen molar-refractivity contribution < 1.29 is 28.5 Å². The second-order valence-corrected chi connectivity index (χ2v) is 9.01. The first-order chi connectivity index (χ1) is 17.4. The highest BCUT2D eigenvalue weighted by Crippen LogP contribution is 2.24. The third-order valence-electron chi connectivity index (χ3n) is 5.32. The number of nitrogen functional groups attached to an aromatic ring is 4. The van der Waals surface area contributed by atoms with E-state index in [2.05, 4.69) is 22.1 Å². The van der Waals surface area contributed by atoms with Gasteiger partial charge in [0.1, 0.15) is 0 Å². The van der Waals surface area contributed by atoms with Gasteiger partial charge in [0.15, 0.2) is 0 Å². The maximum atomic E-state index is 8.52. The zero-order valence-corrected chi connectivity index (χ0v) is 21.1. The normalized spacial score (nSPS) is 10.5. The number of aromatic nitrogens is 2. The van der Waals surface area contributed by atoms with E-state index in [0.29, 0.717) is 0 Å². The van der Waals surface area contributed by atoms with Gasteiger partial charge in [0.2, 0.25) is 0 Å². The lowest BCUT2D eigenvalue weighted by atomic mass is 10.1. The molecule has 0 amide bonds. The van der Waals surface area contributed by atoms with Gasteiger partial charge < -0.3 is 43.0 Å². The van der Waals surface area contributed by atoms with Crippen molar-refractivity contribution in [1.82, 2.24) is 9.97 Å². The van der Waals surface area contributed by atoms with Crippen molar-refractivity contribution in [1.29, 1.82) is 0 Å². The van der Waals surface area contributed by atoms with Crippen molar-refractivity contribution in [3.8, 4) is 0 Å². The summed E-state index contributed by atoms with van der Waals surface area (Å²) in [6.45, 7) is 0. The molecule has 0 fully saturated rings. The van der Waals surface area contributed by atoms with E-state index in [9.17, 15) is 0 Å². The summed E-state index contributed by atoms with van der Waals surface area (Å²) in [6.07, 6.45) is 0. The summed E-state index contributed by atoms with van der Waals surface area (Å²) < 4.78 is 34.1. The second kappa shape index (κ2) is 12.2. The van der Waals surface area contributed by atoms with E-state index >= 15 is 0 Å². The Morgan fingerprint density at radius 1 is 0.462 bits per heavy atom. The fraction of sp³-hybridized carbons (Fsp3) is 0. The van der Waals surface area contributed by atoms with Gasteiger partial charge >= 0.3 is 0 Å². The van der Waals surface area contributed by atoms with E-state index in [1.54, 1.807) is 0 Å². The van der Waals surface area contributed by atoms with Crippen LogP contribution in [0.1, 0.15) is 0 Å². The molecule has 12 nitrogen and oxygen atoms in total. The third kappa shape index (κ3) is 8.10. The van der Waals surface area contributed by atoms with Crippen molar-refractivity contribution in [2.24, 2.45) is 0 Å². The van der Waals surface area contributed by atoms with Crippen LogP contribution in [0.4, 0.5) is 22.7 Å². The Kier molecular flexibility index (Phi) is 9.50. The number of pyridine rings is 2. The summed E-state index contributed by atoms with van der Waals surface area (Å²) in [5, 5.41) is 4.36. The van der Waals surface area contributed by atoms with Crippen LogP contribution in [-0.2, 0) is 10.4 Å². The summed E-state index contributed by atoms with van der Waals surface area (Å²) in [5.74, 6) is 0. The van der Waals surface area contributed by atoms with Gasteiger partial charge in [-0.25, -0.2) is 9.97 Å². The molecule has 0 atom stereocenters. The van der Waals surface area contributed by atoms with E-state index in [1.165, 1.54) is 0 Å². The number of anilines is 4. The highest BCUT2D eigenvalue weighted by atomic mass is 32.3. The van der Waals surface area contributed by atoms with Gasteiger partial charge in [-0.2, -0.15) is 0 Å². The molecule has 0 aliphatic carbocycles. The minimum atomic E-state index is -5.17. The Morgan fingerprint density at radius 3 is 0.872 bits per heavy atom. The van der Waals surface area contributed by atoms with Crippen LogP contribution in [0.2, 0.25) is 0 Å². The van der Waals surface area contributed by atoms with Gasteiger partial charge in [-0.15, -0.1) is 0 Å². The highest BCUT2D eigenvalue weighted by Gasteiger charge is 2.01. The molecule has 39 heavy (non-hydrogen) atoms. The first kappa shape index (κ1) is 30.4. The number of nitrogens with two attached hydrogens (primary N) is 4. The maximum Gasteiger partial charge on any atom is 0.0730 e. The molecule has 0 radical (unpaired) electrons. The first-order valence-corrected chi connectivity index (χ1v) is 12.2. The summed E-state index contributed by atoms with van der Waals surface area (Å²) in [5.41, 5.74) is 29.4. The molecule has 2 heterocycles. The SMILES string of the molecule is Nc1ccc2cc3ccc(N)cc3nc2c1.Nc1ccc2cc3ccc(N)cc3nc2c1.O.O.O=S(=O)([O-])[O-]. The minimum absolute atomic E-state index is 0. The number of rotatable bonds is 0. The molecule has 0 aliphatic heterocycles. The Bertz CT molecular complexity index is 1640. The predicted molar refractivity (Wildman–Crippen MR) is 154 cm³/mol. The van der Waals surface area contributed by atoms with E-state index in [0.717, 1.165) is 66.4 Å². The number of nitrogens with zero attached hydrogens (tertiary/aromatic N) is 2. The molecule has 0 bridgehead atoms. The van der Waals surface area contributed by atoms with E-state index < -0.39 is 10.4 Å². The number of benzene rings is 4. The van der Waals surface area contributed by atoms with Crippen LogP contribution in [0, 0.1) is 0 Å². The summed E-state index contributed by atoms with van der Waals surface area (Å²) in [7, 11) is -5.17. The fourth-order valence-corrected chi connectivity index (χ4v) is 3.71. The fourth-order valence-electron chi connectivity index (χ4n) is 3.71. The average molecular weight is 551 g/mol. The molecule has 204 valence electrons. The molecule has 2 aromatic heterocycles. The maximum absolute atomic E-state index is 8.52. The lowest BCUT2D eigenvalue weighted by Crippen LogP contribution is -1.91. The van der Waals surface area contributed by atoms with Crippen LogP contribution >= 0.6 is 0 Å². The molecular weight excluding hydrogens is 524 g/mol. The van der Waals surface area contributed by atoms with Crippen molar-refractivity contribution in [3.05, 3.63) is 84.9 Å². The zero-order chi connectivity index (χ0) is 26.7. The van der Waals surface area contributed by atoms with Crippen molar-refractivity contribution in [3.63, 3.8) is 0 Å². The quantitative estimate of drug-likeness (QED) is 0.0924. The van der Waals surface area contributed by atoms with Crippen LogP contribution in [0.3, 0.4) is 0 Å². The molecule has 0 spiro atoms. The Hall–Kier alpha value is -4.79. The van der Waals surface area contributed by atoms with Crippen LogP contribution in [0.25, 0.3) is 43.6 Å². The van der Waals surface area contributed by atoms with Gasteiger partial charge in [0.05, 0.1) is 22.1 Å². The Labute approximate surface area is 223 Å². The van der Waals surface area contributed by atoms with E-state index in [4.69, 9.17) is 40.5 Å². The lowest BCUT2D eigenvalue weighted by Gasteiger charge is -2.06. The molecule has 12 N–H and O–H groups in total. The van der Waals surface area contributed by atoms with Crippen LogP contribution < -0.4 is 22.9 Å². The number of hydrogen-bond acceptors (Lipinski definition) is 10. The molecule has 13 heteroatoms. The van der Waals surface area contributed by atoms with Gasteiger partial charge in [0.25, 0.3) is 0 Å². The van der Waals surface area contributed by atoms with Gasteiger partial charge in [-0.05, 0) is 60.7 Å². The number of fused-ring (bicyclic) bond motifs is 4. The van der Waals surface area contributed by atoms with Gasteiger partial charge in [0, 0.05) is 54.7 Å². The molecular formula is C26H26N6O6S-2. The van der Waals surface area contributed by atoms with E-state index in [1.807, 2.05) is 72.8 Å². The lowest BCUT2D eigenvalue weighted by molar-refractivity contribution is 0.352. The monoisotopic (exact) mass is 550 g/mol. The molecule has 0 saturated heterocycles. The summed E-state index contributed by atoms with van der Waals surface area (Å²) >= 11 is 0. The molecule has 0 unspecified atom stereocenters. The second-order valence-electron chi connectivity index (χ2n) is 8.19. The van der Waals surface area contributed by atoms with Crippen LogP contribution in [0.5, 0.6) is 0 Å². The largest absolute Gasteiger partial charge is 0.759 e. The van der Waals surface area contributed by atoms with E-state index in [-0.39, 0.29) is 11.0 Å². The molecule has 4 aromatic carbocycles. The summed E-state index contributed by atoms with van der Waals surface area (Å²) in [6, 6.07) is 27.1. The highest BCUT2D eigenvalue weighted by molar-refractivity contribution is 7.79. The van der Waals surface area contributed by atoms with Crippen molar-refractivity contribution in [2.75, 3.05) is 22.9 Å². The molecule has 0 aliphatic rings. The standard InChI is InChI=1S/2C13H11N3.H2O4S.2H2O/c2*14-10-3-1-8-5-9-2-4-11(15)7-13(9)16-12(8)6-10;1-5(2,3)4;;/h2*1-7H,14-15H2;(H2,1,2,3,4);2*1H2/p-2. The Balaban J connectivity index is 0.000000224. The van der Waals surface area contributed by atoms with Crippen LogP contribution in [-0.4, -0.2) is 38.4 Å². The van der Waals surface area contributed by atoms with Crippen molar-refractivity contribution in [2.45, 2.75) is 0 Å². The summed E-state index contributed by atoms with van der Waals surface area (Å²) in [4.78, 5) is 9.08. The zero-order valence-electron chi connectivity index (χ0n) is 20.3. The smallest absolute Gasteiger partial charge is 0.0730 e. The Morgan fingerprint density at radius 2 is 0.667 bits per heavy atom. The molecule has 6 aromatic rings. The van der Waals surface area contributed by atoms with Crippen molar-refractivity contribution >= 4 is 76.8 Å². The topological polar surface area (TPSA) is 273 Å². The number of hydrogen-bond donors (Lipinski definition) is 4. The molecule has 0 saturated carbocycles. The van der Waals surface area contributed by atoms with Crippen LogP contribution in [0.15, 0.2) is 84.9 Å². The van der Waals surface area contributed by atoms with Gasteiger partial charge in [-0.1, -0.05) is 24.3 Å². The van der Waals surface area contributed by atoms with Gasteiger partial charge in [-0.3, -0.25) is 8.42 Å². The third-order valence-corrected chi connectivity index (χ3v) is 5.32. The predicted octanol–water partition coefficient (Wildman–Crippen LogP) is 2.12.